The Hall–Kier alpha value is -2.83. The minimum atomic E-state index is -0.852. The van der Waals surface area contributed by atoms with Crippen molar-refractivity contribution in [2.24, 2.45) is 0 Å². The molecule has 0 aliphatic carbocycles. The first-order chi connectivity index (χ1) is 10.6. The first-order valence-electron chi connectivity index (χ1n) is 6.76. The summed E-state index contributed by atoms with van der Waals surface area (Å²) in [4.78, 5) is 16.0. The predicted octanol–water partition coefficient (Wildman–Crippen LogP) is 2.60. The van der Waals surface area contributed by atoms with Gasteiger partial charge < -0.3 is 15.2 Å². The number of hydrogen-bond acceptors (Lipinski definition) is 6. The lowest BCUT2D eigenvalue weighted by atomic mass is 10.2. The van der Waals surface area contributed by atoms with Gasteiger partial charge in [-0.25, -0.2) is 14.5 Å². The lowest BCUT2D eigenvalue weighted by Crippen LogP contribution is -2.13. The maximum Gasteiger partial charge on any atom is 0.514 e. The fourth-order valence-electron chi connectivity index (χ4n) is 1.96. The standard InChI is InChI=1S/C15H18N4O3/c1-4-6-7-19-14-11(9-17-19)12(16)13(10(3)18-14)22-15(20)21-8-5-2/h4-5,9H,1-2,6-8H2,3H3,(H2,16,18). The Morgan fingerprint density at radius 2 is 2.23 bits per heavy atom. The molecule has 2 rings (SSSR count). The summed E-state index contributed by atoms with van der Waals surface area (Å²) in [7, 11) is 0. The van der Waals surface area contributed by atoms with Crippen LogP contribution in [0.25, 0.3) is 11.0 Å². The maximum absolute atomic E-state index is 11.6. The van der Waals surface area contributed by atoms with E-state index in [2.05, 4.69) is 23.2 Å². The molecule has 2 N–H and O–H groups in total. The van der Waals surface area contributed by atoms with E-state index in [9.17, 15) is 4.79 Å². The normalized spacial score (nSPS) is 10.4. The average molecular weight is 302 g/mol. The summed E-state index contributed by atoms with van der Waals surface area (Å²) in [6.45, 7) is 9.56. The second-order valence-electron chi connectivity index (χ2n) is 4.57. The fourth-order valence-corrected chi connectivity index (χ4v) is 1.96. The van der Waals surface area contributed by atoms with Crippen molar-refractivity contribution in [2.75, 3.05) is 12.3 Å². The van der Waals surface area contributed by atoms with Gasteiger partial charge in [0.15, 0.2) is 11.4 Å². The number of hydrogen-bond donors (Lipinski definition) is 1. The van der Waals surface area contributed by atoms with Crippen LogP contribution < -0.4 is 10.5 Å². The van der Waals surface area contributed by atoms with Crippen molar-refractivity contribution < 1.29 is 14.3 Å². The number of nitrogen functional groups attached to an aromatic ring is 1. The van der Waals surface area contributed by atoms with Gasteiger partial charge in [0.1, 0.15) is 6.61 Å². The molecule has 2 aromatic heterocycles. The van der Waals surface area contributed by atoms with E-state index in [0.29, 0.717) is 29.0 Å². The first kappa shape index (κ1) is 15.6. The van der Waals surface area contributed by atoms with Crippen LogP contribution in [-0.2, 0) is 11.3 Å². The number of anilines is 1. The zero-order chi connectivity index (χ0) is 16.1. The van der Waals surface area contributed by atoms with Gasteiger partial charge in [-0.3, -0.25) is 0 Å². The molecule has 2 aromatic rings. The van der Waals surface area contributed by atoms with E-state index in [1.165, 1.54) is 6.08 Å². The number of aryl methyl sites for hydroxylation is 2. The lowest BCUT2D eigenvalue weighted by molar-refractivity contribution is 0.109. The molecule has 0 unspecified atom stereocenters. The van der Waals surface area contributed by atoms with Crippen LogP contribution in [0.3, 0.4) is 0 Å². The molecule has 0 aromatic carbocycles. The van der Waals surface area contributed by atoms with E-state index in [4.69, 9.17) is 15.2 Å². The van der Waals surface area contributed by atoms with Crippen molar-refractivity contribution in [1.29, 1.82) is 0 Å². The van der Waals surface area contributed by atoms with Crippen LogP contribution in [0, 0.1) is 6.92 Å². The monoisotopic (exact) mass is 302 g/mol. The van der Waals surface area contributed by atoms with E-state index >= 15 is 0 Å². The van der Waals surface area contributed by atoms with E-state index < -0.39 is 6.16 Å². The summed E-state index contributed by atoms with van der Waals surface area (Å²) >= 11 is 0. The highest BCUT2D eigenvalue weighted by molar-refractivity contribution is 5.92. The Balaban J connectivity index is 2.34. The maximum atomic E-state index is 11.6. The highest BCUT2D eigenvalue weighted by Crippen LogP contribution is 2.32. The number of rotatable bonds is 6. The van der Waals surface area contributed by atoms with E-state index in [1.807, 2.05) is 0 Å². The molecule has 0 aliphatic rings. The zero-order valence-electron chi connectivity index (χ0n) is 12.4. The number of carbonyl (C=O) groups is 1. The molecule has 7 nitrogen and oxygen atoms in total. The number of aromatic nitrogens is 3. The summed E-state index contributed by atoms with van der Waals surface area (Å²) in [5, 5.41) is 4.87. The van der Waals surface area contributed by atoms with Gasteiger partial charge in [-0.1, -0.05) is 18.7 Å². The average Bonchev–Trinajstić information content (AvgIpc) is 2.90. The van der Waals surface area contributed by atoms with E-state index in [1.54, 1.807) is 23.9 Å². The van der Waals surface area contributed by atoms with Crippen molar-refractivity contribution in [2.45, 2.75) is 19.9 Å². The second kappa shape index (κ2) is 6.75. The quantitative estimate of drug-likeness (QED) is 0.651. The molecule has 7 heteroatoms. The third kappa shape index (κ3) is 3.08. The lowest BCUT2D eigenvalue weighted by Gasteiger charge is -2.10. The Labute approximate surface area is 128 Å². The highest BCUT2D eigenvalue weighted by atomic mass is 16.7. The Kier molecular flexibility index (Phi) is 4.77. The molecule has 0 fully saturated rings. The Morgan fingerprint density at radius 3 is 2.91 bits per heavy atom. The van der Waals surface area contributed by atoms with Gasteiger partial charge in [-0.15, -0.1) is 6.58 Å². The van der Waals surface area contributed by atoms with Gasteiger partial charge in [-0.2, -0.15) is 5.10 Å². The molecule has 0 atom stereocenters. The number of nitrogens with two attached hydrogens (primary N) is 1. The van der Waals surface area contributed by atoms with Gasteiger partial charge in [0.05, 0.1) is 23.0 Å². The number of allylic oxidation sites excluding steroid dienone is 1. The summed E-state index contributed by atoms with van der Waals surface area (Å²) in [5.41, 5.74) is 7.51. The fraction of sp³-hybridized carbons (Fsp3) is 0.267. The van der Waals surface area contributed by atoms with Gasteiger partial charge in [0.2, 0.25) is 0 Å². The Morgan fingerprint density at radius 1 is 1.45 bits per heavy atom. The smallest absolute Gasteiger partial charge is 0.430 e. The van der Waals surface area contributed by atoms with Crippen LogP contribution >= 0.6 is 0 Å². The van der Waals surface area contributed by atoms with Crippen LogP contribution in [-0.4, -0.2) is 27.5 Å². The van der Waals surface area contributed by atoms with Gasteiger partial charge in [0, 0.05) is 6.54 Å². The van der Waals surface area contributed by atoms with Crippen LogP contribution in [0.5, 0.6) is 5.75 Å². The summed E-state index contributed by atoms with van der Waals surface area (Å²) < 4.78 is 11.6. The number of carbonyl (C=O) groups excluding carboxylic acids is 1. The number of pyridine rings is 1. The topological polar surface area (TPSA) is 92.3 Å². The summed E-state index contributed by atoms with van der Waals surface area (Å²) in [6, 6.07) is 0. The first-order valence-corrected chi connectivity index (χ1v) is 6.76. The van der Waals surface area contributed by atoms with Crippen molar-refractivity contribution in [3.05, 3.63) is 37.2 Å². The SMILES string of the molecule is C=CCCn1ncc2c(N)c(OC(=O)OCC=C)c(C)nc21. The van der Waals surface area contributed by atoms with Gasteiger partial charge in [0.25, 0.3) is 0 Å². The molecule has 0 amide bonds. The van der Waals surface area contributed by atoms with Crippen LogP contribution in [0.15, 0.2) is 31.5 Å². The molecule has 0 bridgehead atoms. The van der Waals surface area contributed by atoms with Crippen molar-refractivity contribution >= 4 is 22.9 Å². The van der Waals surface area contributed by atoms with Crippen LogP contribution in [0.1, 0.15) is 12.1 Å². The van der Waals surface area contributed by atoms with Crippen molar-refractivity contribution in [1.82, 2.24) is 14.8 Å². The molecule has 0 saturated heterocycles. The predicted molar refractivity (Wildman–Crippen MR) is 83.7 cm³/mol. The molecular weight excluding hydrogens is 284 g/mol. The Bertz CT molecular complexity index is 721. The number of fused-ring (bicyclic) bond motifs is 1. The zero-order valence-corrected chi connectivity index (χ0v) is 12.4. The minimum Gasteiger partial charge on any atom is -0.430 e. The molecule has 0 saturated carbocycles. The molecule has 22 heavy (non-hydrogen) atoms. The summed E-state index contributed by atoms with van der Waals surface area (Å²) in [6.07, 6.45) is 4.76. The van der Waals surface area contributed by atoms with E-state index in [-0.39, 0.29) is 12.4 Å². The van der Waals surface area contributed by atoms with Crippen LogP contribution in [0.4, 0.5) is 10.5 Å². The molecule has 0 radical (unpaired) electrons. The third-order valence-corrected chi connectivity index (χ3v) is 3.00. The molecule has 2 heterocycles. The van der Waals surface area contributed by atoms with Gasteiger partial charge in [-0.05, 0) is 13.3 Å². The molecular formula is C15H18N4O3. The molecule has 116 valence electrons. The number of nitrogens with zero attached hydrogens (tertiary/aromatic N) is 3. The van der Waals surface area contributed by atoms with Crippen molar-refractivity contribution in [3.63, 3.8) is 0 Å². The van der Waals surface area contributed by atoms with Crippen LogP contribution in [0.2, 0.25) is 0 Å². The number of ether oxygens (including phenoxy) is 2. The van der Waals surface area contributed by atoms with Gasteiger partial charge >= 0.3 is 6.16 Å². The molecule has 0 spiro atoms. The largest absolute Gasteiger partial charge is 0.514 e. The summed E-state index contributed by atoms with van der Waals surface area (Å²) in [5.74, 6) is 0.185. The highest BCUT2D eigenvalue weighted by Gasteiger charge is 2.18. The molecule has 0 aliphatic heterocycles. The third-order valence-electron chi connectivity index (χ3n) is 3.00. The minimum absolute atomic E-state index is 0.0624. The van der Waals surface area contributed by atoms with E-state index in [0.717, 1.165) is 6.42 Å². The second-order valence-corrected chi connectivity index (χ2v) is 4.57. The van der Waals surface area contributed by atoms with Crippen molar-refractivity contribution in [3.8, 4) is 5.75 Å².